The Kier molecular flexibility index (Phi) is 5.78. The van der Waals surface area contributed by atoms with Crippen molar-refractivity contribution in [2.75, 3.05) is 11.4 Å². The van der Waals surface area contributed by atoms with Crippen LogP contribution in [0.2, 0.25) is 0 Å². The number of halogens is 3. The van der Waals surface area contributed by atoms with E-state index in [2.05, 4.69) is 14.7 Å². The first-order valence-electron chi connectivity index (χ1n) is 8.47. The highest BCUT2D eigenvalue weighted by atomic mass is 19.4. The van der Waals surface area contributed by atoms with Gasteiger partial charge in [-0.3, -0.25) is 0 Å². The fraction of sp³-hybridized carbons (Fsp3) is 0.389. The minimum absolute atomic E-state index is 0.0366. The molecule has 0 amide bonds. The molecule has 1 atom stereocenters. The minimum atomic E-state index is -4.74. The summed E-state index contributed by atoms with van der Waals surface area (Å²) in [6, 6.07) is 6.44. The van der Waals surface area contributed by atoms with Crippen molar-refractivity contribution in [3.8, 4) is 5.75 Å². The molecule has 0 aliphatic carbocycles. The lowest BCUT2D eigenvalue weighted by atomic mass is 10.0. The number of carbonyl (C=O) groups is 1. The lowest BCUT2D eigenvalue weighted by Gasteiger charge is -2.33. The highest BCUT2D eigenvalue weighted by Gasteiger charge is 2.32. The molecule has 2 heterocycles. The Morgan fingerprint density at radius 2 is 1.85 bits per heavy atom. The van der Waals surface area contributed by atoms with Gasteiger partial charge >= 0.3 is 12.3 Å². The van der Waals surface area contributed by atoms with Crippen molar-refractivity contribution < 1.29 is 27.4 Å². The molecule has 0 bridgehead atoms. The molecule has 27 heavy (non-hydrogen) atoms. The molecular formula is C18H18F3N3O3. The average Bonchev–Trinajstić information content (AvgIpc) is 2.67. The number of hydrogen-bond donors (Lipinski definition) is 0. The molecule has 144 valence electrons. The number of ether oxygens (including phenoxy) is 2. The van der Waals surface area contributed by atoms with E-state index in [0.717, 1.165) is 12.8 Å². The third-order valence-corrected chi connectivity index (χ3v) is 4.12. The van der Waals surface area contributed by atoms with Crippen molar-refractivity contribution in [2.24, 2.45) is 0 Å². The number of nitrogens with zero attached hydrogens (tertiary/aromatic N) is 3. The summed E-state index contributed by atoms with van der Waals surface area (Å²) in [4.78, 5) is 22.7. The van der Waals surface area contributed by atoms with Crippen molar-refractivity contribution in [3.05, 3.63) is 48.3 Å². The van der Waals surface area contributed by atoms with Crippen LogP contribution in [0, 0.1) is 0 Å². The molecule has 1 aromatic heterocycles. The van der Waals surface area contributed by atoms with Crippen molar-refractivity contribution in [2.45, 2.75) is 38.3 Å². The fourth-order valence-electron chi connectivity index (χ4n) is 2.89. The second kappa shape index (κ2) is 8.24. The highest BCUT2D eigenvalue weighted by Crippen LogP contribution is 2.24. The summed E-state index contributed by atoms with van der Waals surface area (Å²) in [5.41, 5.74) is 0.566. The Bertz CT molecular complexity index is 754. The van der Waals surface area contributed by atoms with Gasteiger partial charge in [-0.1, -0.05) is 12.1 Å². The van der Waals surface area contributed by atoms with Crippen LogP contribution in [0.4, 0.5) is 19.1 Å². The van der Waals surface area contributed by atoms with E-state index < -0.39 is 18.4 Å². The fourth-order valence-corrected chi connectivity index (χ4v) is 2.89. The van der Waals surface area contributed by atoms with Gasteiger partial charge in [0.2, 0.25) is 5.95 Å². The maximum atomic E-state index is 12.5. The van der Waals surface area contributed by atoms with Crippen LogP contribution in [-0.2, 0) is 16.1 Å². The molecule has 1 aliphatic rings. The van der Waals surface area contributed by atoms with Gasteiger partial charge in [0, 0.05) is 18.9 Å². The van der Waals surface area contributed by atoms with Gasteiger partial charge in [0.15, 0.2) is 0 Å². The number of hydrogen-bond acceptors (Lipinski definition) is 6. The Hall–Kier alpha value is -2.84. The Balaban J connectivity index is 1.59. The molecule has 6 nitrogen and oxygen atoms in total. The summed E-state index contributed by atoms with van der Waals surface area (Å²) in [7, 11) is 0. The van der Waals surface area contributed by atoms with E-state index in [1.807, 2.05) is 4.90 Å². The molecule has 1 aliphatic heterocycles. The summed E-state index contributed by atoms with van der Waals surface area (Å²) < 4.78 is 45.7. The van der Waals surface area contributed by atoms with Crippen molar-refractivity contribution in [3.63, 3.8) is 0 Å². The van der Waals surface area contributed by atoms with Gasteiger partial charge in [0.05, 0.1) is 0 Å². The summed E-state index contributed by atoms with van der Waals surface area (Å²) in [5, 5.41) is 0. The molecule has 1 fully saturated rings. The van der Waals surface area contributed by atoms with Crippen LogP contribution in [0.25, 0.3) is 0 Å². The van der Waals surface area contributed by atoms with E-state index in [0.29, 0.717) is 24.5 Å². The maximum Gasteiger partial charge on any atom is 0.573 e. The minimum Gasteiger partial charge on any atom is -0.459 e. The monoisotopic (exact) mass is 381 g/mol. The number of aromatic nitrogens is 2. The predicted molar refractivity (Wildman–Crippen MR) is 89.9 cm³/mol. The second-order valence-corrected chi connectivity index (χ2v) is 6.05. The zero-order chi connectivity index (χ0) is 19.3. The normalized spacial score (nSPS) is 17.4. The Labute approximate surface area is 153 Å². The van der Waals surface area contributed by atoms with E-state index in [1.54, 1.807) is 18.5 Å². The zero-order valence-corrected chi connectivity index (χ0v) is 14.4. The number of anilines is 1. The molecule has 0 N–H and O–H groups in total. The number of piperidine rings is 1. The van der Waals surface area contributed by atoms with Crippen LogP contribution in [0.1, 0.15) is 24.8 Å². The molecule has 0 saturated carbocycles. The first kappa shape index (κ1) is 18.9. The molecule has 2 aromatic rings. The third-order valence-electron chi connectivity index (χ3n) is 4.12. The van der Waals surface area contributed by atoms with Gasteiger partial charge in [-0.25, -0.2) is 14.8 Å². The lowest BCUT2D eigenvalue weighted by Crippen LogP contribution is -2.46. The molecule has 9 heteroatoms. The van der Waals surface area contributed by atoms with Crippen LogP contribution in [0.3, 0.4) is 0 Å². The van der Waals surface area contributed by atoms with E-state index in [1.165, 1.54) is 24.3 Å². The first-order chi connectivity index (χ1) is 12.9. The van der Waals surface area contributed by atoms with Crippen molar-refractivity contribution >= 4 is 11.9 Å². The summed E-state index contributed by atoms with van der Waals surface area (Å²) in [5.74, 6) is -0.247. The number of esters is 1. The number of rotatable bonds is 5. The summed E-state index contributed by atoms with van der Waals surface area (Å²) >= 11 is 0. The van der Waals surface area contributed by atoms with Gasteiger partial charge in [0.1, 0.15) is 18.4 Å². The summed E-state index contributed by atoms with van der Waals surface area (Å²) in [6.07, 6.45) is 0.955. The van der Waals surface area contributed by atoms with Crippen molar-refractivity contribution in [1.29, 1.82) is 0 Å². The molecule has 3 rings (SSSR count). The SMILES string of the molecule is O=C(OCc1ccc(OC(F)(F)F)cc1)C1CCCCN1c1ncccn1. The maximum absolute atomic E-state index is 12.5. The molecule has 1 unspecified atom stereocenters. The Morgan fingerprint density at radius 1 is 1.15 bits per heavy atom. The van der Waals surface area contributed by atoms with Gasteiger partial charge < -0.3 is 14.4 Å². The van der Waals surface area contributed by atoms with Gasteiger partial charge in [-0.2, -0.15) is 0 Å². The van der Waals surface area contributed by atoms with Crippen LogP contribution in [0.15, 0.2) is 42.7 Å². The second-order valence-electron chi connectivity index (χ2n) is 6.05. The quantitative estimate of drug-likeness (QED) is 0.739. The van der Waals surface area contributed by atoms with Crippen molar-refractivity contribution in [1.82, 2.24) is 9.97 Å². The predicted octanol–water partition coefficient (Wildman–Crippen LogP) is 3.48. The largest absolute Gasteiger partial charge is 0.573 e. The zero-order valence-electron chi connectivity index (χ0n) is 14.4. The van der Waals surface area contributed by atoms with Crippen LogP contribution in [0.5, 0.6) is 5.75 Å². The van der Waals surface area contributed by atoms with Crippen LogP contribution < -0.4 is 9.64 Å². The number of carbonyl (C=O) groups excluding carboxylic acids is 1. The molecule has 0 radical (unpaired) electrons. The third kappa shape index (κ3) is 5.32. The van der Waals surface area contributed by atoms with E-state index in [9.17, 15) is 18.0 Å². The smallest absolute Gasteiger partial charge is 0.459 e. The van der Waals surface area contributed by atoms with Gasteiger partial charge in [-0.15, -0.1) is 13.2 Å². The summed E-state index contributed by atoms with van der Waals surface area (Å²) in [6.45, 7) is 0.623. The number of alkyl halides is 3. The first-order valence-corrected chi connectivity index (χ1v) is 8.47. The highest BCUT2D eigenvalue weighted by molar-refractivity contribution is 5.79. The van der Waals surface area contributed by atoms with E-state index in [-0.39, 0.29) is 12.4 Å². The number of benzene rings is 1. The molecule has 1 aromatic carbocycles. The Morgan fingerprint density at radius 3 is 2.52 bits per heavy atom. The van der Waals surface area contributed by atoms with Gasteiger partial charge in [0.25, 0.3) is 0 Å². The standard InChI is InChI=1S/C18H18F3N3O3/c19-18(20,21)27-14-7-5-13(6-8-14)12-26-16(25)15-4-1-2-11-24(15)17-22-9-3-10-23-17/h3,5-10,15H,1-2,4,11-12H2. The molecular weight excluding hydrogens is 363 g/mol. The topological polar surface area (TPSA) is 64.6 Å². The molecule has 1 saturated heterocycles. The van der Waals surface area contributed by atoms with Crippen LogP contribution in [-0.4, -0.2) is 34.9 Å². The molecule has 0 spiro atoms. The average molecular weight is 381 g/mol. The van der Waals surface area contributed by atoms with Crippen LogP contribution >= 0.6 is 0 Å². The lowest BCUT2D eigenvalue weighted by molar-refractivity contribution is -0.274. The van der Waals surface area contributed by atoms with E-state index in [4.69, 9.17) is 4.74 Å². The van der Waals surface area contributed by atoms with Gasteiger partial charge in [-0.05, 0) is 43.0 Å². The van der Waals surface area contributed by atoms with E-state index >= 15 is 0 Å².